The number of alkyl halides is 3. The molecule has 0 unspecified atom stereocenters. The van der Waals surface area contributed by atoms with Crippen molar-refractivity contribution in [3.8, 4) is 0 Å². The van der Waals surface area contributed by atoms with Gasteiger partial charge in [0.05, 0.1) is 17.2 Å². The van der Waals surface area contributed by atoms with Crippen LogP contribution in [0.2, 0.25) is 0 Å². The number of nitro benzene ring substituents is 1. The number of nitrogens with one attached hydrogen (secondary N) is 1. The fraction of sp³-hybridized carbons (Fsp3) is 0.333. The molecule has 3 N–H and O–H groups in total. The lowest BCUT2D eigenvalue weighted by Gasteiger charge is -2.10. The van der Waals surface area contributed by atoms with E-state index in [1.54, 1.807) is 0 Å². The van der Waals surface area contributed by atoms with Crippen molar-refractivity contribution in [2.75, 3.05) is 12.0 Å². The predicted octanol–water partition coefficient (Wildman–Crippen LogP) is 1.96. The predicted molar refractivity (Wildman–Crippen MR) is 56.6 cm³/mol. The first-order chi connectivity index (χ1) is 8.33. The third kappa shape index (κ3) is 4.18. The van der Waals surface area contributed by atoms with Gasteiger partial charge in [0.15, 0.2) is 0 Å². The van der Waals surface area contributed by atoms with Crippen LogP contribution >= 0.6 is 0 Å². The molecule has 0 atom stereocenters. The highest BCUT2D eigenvalue weighted by Gasteiger charge is 2.27. The van der Waals surface area contributed by atoms with E-state index in [1.807, 2.05) is 0 Å². The van der Waals surface area contributed by atoms with E-state index in [1.165, 1.54) is 12.1 Å². The van der Waals surface area contributed by atoms with E-state index < -0.39 is 24.3 Å². The summed E-state index contributed by atoms with van der Waals surface area (Å²) < 4.78 is 40.0. The lowest BCUT2D eigenvalue weighted by Crippen LogP contribution is -2.17. The standard InChI is InChI=1S/C9H10F3N3O3/c10-9(11,12)5-18-4-6-3-7(15(16)17)1-2-8(6)14-13/h1-3,14H,4-5,13H2. The minimum Gasteiger partial charge on any atom is -0.367 e. The number of hydrogen-bond acceptors (Lipinski definition) is 5. The minimum atomic E-state index is -4.45. The van der Waals surface area contributed by atoms with Crippen LogP contribution in [-0.4, -0.2) is 17.7 Å². The van der Waals surface area contributed by atoms with E-state index >= 15 is 0 Å². The van der Waals surface area contributed by atoms with Gasteiger partial charge < -0.3 is 10.2 Å². The second-order valence-electron chi connectivity index (χ2n) is 3.35. The van der Waals surface area contributed by atoms with Gasteiger partial charge in [-0.25, -0.2) is 0 Å². The zero-order valence-corrected chi connectivity index (χ0v) is 9.03. The van der Waals surface area contributed by atoms with Crippen LogP contribution in [0.5, 0.6) is 0 Å². The fourth-order valence-electron chi connectivity index (χ4n) is 1.23. The number of rotatable bonds is 5. The lowest BCUT2D eigenvalue weighted by atomic mass is 10.1. The van der Waals surface area contributed by atoms with Gasteiger partial charge in [0.2, 0.25) is 0 Å². The molecule has 1 aromatic carbocycles. The van der Waals surface area contributed by atoms with E-state index in [0.717, 1.165) is 6.07 Å². The third-order valence-corrected chi connectivity index (χ3v) is 1.98. The molecule has 0 spiro atoms. The molecule has 0 aliphatic carbocycles. The largest absolute Gasteiger partial charge is 0.411 e. The third-order valence-electron chi connectivity index (χ3n) is 1.98. The zero-order chi connectivity index (χ0) is 13.8. The Morgan fingerprint density at radius 2 is 2.11 bits per heavy atom. The first-order valence-electron chi connectivity index (χ1n) is 4.72. The van der Waals surface area contributed by atoms with Crippen molar-refractivity contribution in [3.63, 3.8) is 0 Å². The number of nitrogens with two attached hydrogens (primary N) is 1. The highest BCUT2D eigenvalue weighted by molar-refractivity contribution is 5.55. The van der Waals surface area contributed by atoms with Crippen molar-refractivity contribution in [2.24, 2.45) is 5.84 Å². The first-order valence-corrected chi connectivity index (χ1v) is 4.72. The molecule has 1 rings (SSSR count). The molecule has 0 amide bonds. The molecule has 0 heterocycles. The molecule has 1 aromatic rings. The summed E-state index contributed by atoms with van der Waals surface area (Å²) in [6.45, 7) is -1.86. The van der Waals surface area contributed by atoms with Crippen LogP contribution in [0.15, 0.2) is 18.2 Å². The van der Waals surface area contributed by atoms with Gasteiger partial charge in [0, 0.05) is 17.7 Å². The van der Waals surface area contributed by atoms with Gasteiger partial charge in [-0.15, -0.1) is 0 Å². The van der Waals surface area contributed by atoms with Crippen molar-refractivity contribution in [3.05, 3.63) is 33.9 Å². The Bertz CT molecular complexity index is 437. The topological polar surface area (TPSA) is 90.4 Å². The summed E-state index contributed by atoms with van der Waals surface area (Å²) in [5.41, 5.74) is 2.42. The van der Waals surface area contributed by atoms with E-state index in [9.17, 15) is 23.3 Å². The number of nitro groups is 1. The molecule has 0 aromatic heterocycles. The monoisotopic (exact) mass is 265 g/mol. The number of benzene rings is 1. The molecule has 0 radical (unpaired) electrons. The molecule has 0 saturated carbocycles. The van der Waals surface area contributed by atoms with Gasteiger partial charge in [0.25, 0.3) is 5.69 Å². The Morgan fingerprint density at radius 3 is 2.61 bits per heavy atom. The quantitative estimate of drug-likeness (QED) is 0.482. The minimum absolute atomic E-state index is 0.177. The van der Waals surface area contributed by atoms with E-state index in [-0.39, 0.29) is 16.9 Å². The van der Waals surface area contributed by atoms with Gasteiger partial charge in [0.1, 0.15) is 6.61 Å². The molecule has 0 fully saturated rings. The highest BCUT2D eigenvalue weighted by Crippen LogP contribution is 2.23. The fourth-order valence-corrected chi connectivity index (χ4v) is 1.23. The smallest absolute Gasteiger partial charge is 0.367 e. The molecular formula is C9H10F3N3O3. The Hall–Kier alpha value is -1.87. The number of non-ortho nitro benzene ring substituents is 1. The number of halogens is 3. The summed E-state index contributed by atoms with van der Waals surface area (Å²) in [7, 11) is 0. The molecule has 0 aliphatic rings. The van der Waals surface area contributed by atoms with Crippen LogP contribution in [0, 0.1) is 10.1 Å². The van der Waals surface area contributed by atoms with E-state index in [4.69, 9.17) is 5.84 Å². The molecule has 0 bridgehead atoms. The number of nitrogen functional groups attached to an aromatic ring is 1. The molecule has 0 saturated heterocycles. The maximum atomic E-state index is 11.9. The number of hydrogen-bond donors (Lipinski definition) is 2. The molecule has 6 nitrogen and oxygen atoms in total. The summed E-state index contributed by atoms with van der Waals surface area (Å²) >= 11 is 0. The van der Waals surface area contributed by atoms with Crippen molar-refractivity contribution in [2.45, 2.75) is 12.8 Å². The molecule has 0 aliphatic heterocycles. The van der Waals surface area contributed by atoms with Gasteiger partial charge in [-0.2, -0.15) is 13.2 Å². The Morgan fingerprint density at radius 1 is 1.44 bits per heavy atom. The molecular weight excluding hydrogens is 255 g/mol. The number of nitrogens with zero attached hydrogens (tertiary/aromatic N) is 1. The normalized spacial score (nSPS) is 11.3. The van der Waals surface area contributed by atoms with Crippen molar-refractivity contribution < 1.29 is 22.8 Å². The molecule has 9 heteroatoms. The molecule has 18 heavy (non-hydrogen) atoms. The number of ether oxygens (including phenoxy) is 1. The Labute approximate surface area is 99.6 Å². The van der Waals surface area contributed by atoms with Crippen LogP contribution in [0.25, 0.3) is 0 Å². The maximum absolute atomic E-state index is 11.9. The van der Waals surface area contributed by atoms with Crippen LogP contribution in [0.1, 0.15) is 5.56 Å². The van der Waals surface area contributed by atoms with Crippen molar-refractivity contribution in [1.82, 2.24) is 0 Å². The second kappa shape index (κ2) is 5.65. The highest BCUT2D eigenvalue weighted by atomic mass is 19.4. The summed E-state index contributed by atoms with van der Waals surface area (Å²) in [5.74, 6) is 5.14. The van der Waals surface area contributed by atoms with Crippen LogP contribution < -0.4 is 11.3 Å². The number of hydrazine groups is 1. The van der Waals surface area contributed by atoms with Gasteiger partial charge in [-0.1, -0.05) is 0 Å². The average molecular weight is 265 g/mol. The number of anilines is 1. The average Bonchev–Trinajstić information content (AvgIpc) is 2.27. The summed E-state index contributed by atoms with van der Waals surface area (Å²) in [6, 6.07) is 3.58. The van der Waals surface area contributed by atoms with Crippen LogP contribution in [0.4, 0.5) is 24.5 Å². The summed E-state index contributed by atoms with van der Waals surface area (Å²) in [4.78, 5) is 9.86. The maximum Gasteiger partial charge on any atom is 0.411 e. The summed E-state index contributed by atoms with van der Waals surface area (Å²) in [6.07, 6.45) is -4.45. The van der Waals surface area contributed by atoms with Gasteiger partial charge in [-0.3, -0.25) is 16.0 Å². The Balaban J connectivity index is 2.78. The summed E-state index contributed by atoms with van der Waals surface area (Å²) in [5, 5.41) is 10.5. The first kappa shape index (κ1) is 14.2. The zero-order valence-electron chi connectivity index (χ0n) is 9.03. The van der Waals surface area contributed by atoms with Crippen LogP contribution in [0.3, 0.4) is 0 Å². The van der Waals surface area contributed by atoms with E-state index in [0.29, 0.717) is 0 Å². The van der Waals surface area contributed by atoms with E-state index in [2.05, 4.69) is 10.2 Å². The van der Waals surface area contributed by atoms with Crippen molar-refractivity contribution in [1.29, 1.82) is 0 Å². The second-order valence-corrected chi connectivity index (χ2v) is 3.35. The molecule has 100 valence electrons. The van der Waals surface area contributed by atoms with Gasteiger partial charge >= 0.3 is 6.18 Å². The SMILES string of the molecule is NNc1ccc([N+](=O)[O-])cc1COCC(F)(F)F. The van der Waals surface area contributed by atoms with Crippen molar-refractivity contribution >= 4 is 11.4 Å². The Kier molecular flexibility index (Phi) is 4.45. The lowest BCUT2D eigenvalue weighted by molar-refractivity contribution is -0.384. The van der Waals surface area contributed by atoms with Gasteiger partial charge in [-0.05, 0) is 6.07 Å². The van der Waals surface area contributed by atoms with Crippen LogP contribution in [-0.2, 0) is 11.3 Å².